The zero-order chi connectivity index (χ0) is 13.7. The smallest absolute Gasteiger partial charge is 0.218 e. The molecular weight excluding hydrogens is 252 g/mol. The van der Waals surface area contributed by atoms with Gasteiger partial charge in [-0.1, -0.05) is 56.0 Å². The van der Waals surface area contributed by atoms with Crippen LogP contribution in [0.25, 0.3) is 0 Å². The molecule has 0 heterocycles. The van der Waals surface area contributed by atoms with Gasteiger partial charge in [0.05, 0.1) is 12.2 Å². The maximum atomic E-state index is 10.3. The fourth-order valence-corrected chi connectivity index (χ4v) is 5.02. The minimum Gasteiger partial charge on any atom is -0.407 e. The fourth-order valence-electron chi connectivity index (χ4n) is 2.85. The molecule has 1 aliphatic rings. The first kappa shape index (κ1) is 14.8. The van der Waals surface area contributed by atoms with Gasteiger partial charge in [0.2, 0.25) is 8.32 Å². The minimum atomic E-state index is -1.91. The van der Waals surface area contributed by atoms with E-state index in [-0.39, 0.29) is 12.2 Å². The van der Waals surface area contributed by atoms with Crippen LogP contribution in [0.5, 0.6) is 0 Å². The van der Waals surface area contributed by atoms with Gasteiger partial charge in [0.25, 0.3) is 0 Å². The van der Waals surface area contributed by atoms with E-state index in [0.717, 1.165) is 19.3 Å². The number of rotatable bonds is 3. The second-order valence-electron chi connectivity index (χ2n) is 6.09. The Balaban J connectivity index is 2.05. The standard InChI is InChI=1S/C16H26O2Si/c1-19(2,14-10-6-5-7-11-14)18-16-13-9-4-3-8-12-15(16)17/h5-7,10-11,15-17H,3-4,8-9,12-13H2,1-2H3/t15-,16+/m1/s1. The fraction of sp³-hybridized carbons (Fsp3) is 0.625. The molecule has 0 spiro atoms. The molecule has 106 valence electrons. The number of benzene rings is 1. The monoisotopic (exact) mass is 278 g/mol. The van der Waals surface area contributed by atoms with E-state index in [9.17, 15) is 5.11 Å². The van der Waals surface area contributed by atoms with E-state index < -0.39 is 8.32 Å². The van der Waals surface area contributed by atoms with Gasteiger partial charge in [-0.05, 0) is 31.1 Å². The van der Waals surface area contributed by atoms with Crippen molar-refractivity contribution in [3.05, 3.63) is 30.3 Å². The zero-order valence-electron chi connectivity index (χ0n) is 12.1. The Hall–Kier alpha value is -0.643. The van der Waals surface area contributed by atoms with Gasteiger partial charge >= 0.3 is 0 Å². The van der Waals surface area contributed by atoms with Gasteiger partial charge in [0, 0.05) is 0 Å². The Morgan fingerprint density at radius 1 is 1.00 bits per heavy atom. The molecule has 2 atom stereocenters. The molecule has 0 saturated heterocycles. The second-order valence-corrected chi connectivity index (χ2v) is 9.93. The van der Waals surface area contributed by atoms with Crippen LogP contribution in [0.3, 0.4) is 0 Å². The van der Waals surface area contributed by atoms with Gasteiger partial charge in [0.15, 0.2) is 0 Å². The maximum Gasteiger partial charge on any atom is 0.218 e. The zero-order valence-corrected chi connectivity index (χ0v) is 13.1. The van der Waals surface area contributed by atoms with Crippen LogP contribution in [-0.2, 0) is 4.43 Å². The van der Waals surface area contributed by atoms with Crippen molar-refractivity contribution >= 4 is 13.5 Å². The van der Waals surface area contributed by atoms with E-state index in [4.69, 9.17) is 4.43 Å². The summed E-state index contributed by atoms with van der Waals surface area (Å²) < 4.78 is 6.40. The van der Waals surface area contributed by atoms with Crippen LogP contribution in [0.1, 0.15) is 38.5 Å². The molecule has 1 aromatic carbocycles. The molecule has 1 saturated carbocycles. The van der Waals surface area contributed by atoms with E-state index in [1.165, 1.54) is 24.4 Å². The van der Waals surface area contributed by atoms with Crippen LogP contribution in [-0.4, -0.2) is 25.6 Å². The van der Waals surface area contributed by atoms with Crippen molar-refractivity contribution < 1.29 is 9.53 Å². The number of hydrogen-bond acceptors (Lipinski definition) is 2. The summed E-state index contributed by atoms with van der Waals surface area (Å²) in [5.41, 5.74) is 0. The molecule has 1 fully saturated rings. The highest BCUT2D eigenvalue weighted by atomic mass is 28.4. The molecule has 1 aliphatic carbocycles. The summed E-state index contributed by atoms with van der Waals surface area (Å²) in [7, 11) is -1.91. The van der Waals surface area contributed by atoms with Crippen molar-refractivity contribution in [1.82, 2.24) is 0 Å². The third kappa shape index (κ3) is 4.16. The molecule has 0 unspecified atom stereocenters. The summed E-state index contributed by atoms with van der Waals surface area (Å²) in [5.74, 6) is 0. The number of aliphatic hydroxyl groups excluding tert-OH is 1. The molecular formula is C16H26O2Si. The second kappa shape index (κ2) is 6.68. The highest BCUT2D eigenvalue weighted by molar-refractivity contribution is 6.84. The number of aliphatic hydroxyl groups is 1. The molecule has 3 heteroatoms. The Morgan fingerprint density at radius 2 is 1.63 bits per heavy atom. The average molecular weight is 278 g/mol. The first-order chi connectivity index (χ1) is 9.09. The summed E-state index contributed by atoms with van der Waals surface area (Å²) in [5, 5.41) is 11.6. The van der Waals surface area contributed by atoms with Gasteiger partial charge in [-0.2, -0.15) is 0 Å². The van der Waals surface area contributed by atoms with E-state index >= 15 is 0 Å². The summed E-state index contributed by atoms with van der Waals surface area (Å²) in [4.78, 5) is 0. The molecule has 0 amide bonds. The molecule has 1 N–H and O–H groups in total. The van der Waals surface area contributed by atoms with Crippen molar-refractivity contribution in [3.63, 3.8) is 0 Å². The van der Waals surface area contributed by atoms with E-state index in [2.05, 4.69) is 37.4 Å². The van der Waals surface area contributed by atoms with Crippen LogP contribution in [0.15, 0.2) is 30.3 Å². The van der Waals surface area contributed by atoms with Crippen molar-refractivity contribution in [1.29, 1.82) is 0 Å². The Morgan fingerprint density at radius 3 is 2.32 bits per heavy atom. The van der Waals surface area contributed by atoms with Crippen molar-refractivity contribution in [3.8, 4) is 0 Å². The molecule has 2 rings (SSSR count). The topological polar surface area (TPSA) is 29.5 Å². The van der Waals surface area contributed by atoms with Crippen molar-refractivity contribution in [2.45, 2.75) is 63.8 Å². The molecule has 19 heavy (non-hydrogen) atoms. The van der Waals surface area contributed by atoms with Gasteiger partial charge in [-0.3, -0.25) is 0 Å². The molecule has 2 nitrogen and oxygen atoms in total. The van der Waals surface area contributed by atoms with E-state index in [0.29, 0.717) is 0 Å². The quantitative estimate of drug-likeness (QED) is 0.860. The highest BCUT2D eigenvalue weighted by Crippen LogP contribution is 2.23. The SMILES string of the molecule is C[Si](C)(O[C@H]1CCCCCC[C@H]1O)c1ccccc1. The lowest BCUT2D eigenvalue weighted by Crippen LogP contribution is -2.50. The van der Waals surface area contributed by atoms with E-state index in [1.54, 1.807) is 0 Å². The lowest BCUT2D eigenvalue weighted by Gasteiger charge is -2.33. The predicted molar refractivity (Wildman–Crippen MR) is 82.1 cm³/mol. The van der Waals surface area contributed by atoms with Crippen LogP contribution in [0, 0.1) is 0 Å². The van der Waals surface area contributed by atoms with Gasteiger partial charge in [-0.25, -0.2) is 0 Å². The third-order valence-electron chi connectivity index (χ3n) is 4.08. The minimum absolute atomic E-state index is 0.0298. The predicted octanol–water partition coefficient (Wildman–Crippen LogP) is 3.20. The number of hydrogen-bond donors (Lipinski definition) is 1. The summed E-state index contributed by atoms with van der Waals surface area (Å²) >= 11 is 0. The Labute approximate surface area is 117 Å². The molecule has 0 aromatic heterocycles. The summed E-state index contributed by atoms with van der Waals surface area (Å²) in [6, 6.07) is 10.5. The average Bonchev–Trinajstić information content (AvgIpc) is 2.40. The van der Waals surface area contributed by atoms with Gasteiger partial charge in [0.1, 0.15) is 0 Å². The van der Waals surface area contributed by atoms with E-state index in [1.807, 2.05) is 6.07 Å². The van der Waals surface area contributed by atoms with Crippen LogP contribution >= 0.6 is 0 Å². The molecule has 0 radical (unpaired) electrons. The van der Waals surface area contributed by atoms with Crippen LogP contribution in [0.2, 0.25) is 13.1 Å². The first-order valence-corrected chi connectivity index (χ1v) is 10.4. The van der Waals surface area contributed by atoms with Crippen molar-refractivity contribution in [2.24, 2.45) is 0 Å². The maximum absolute atomic E-state index is 10.3. The van der Waals surface area contributed by atoms with Gasteiger partial charge in [-0.15, -0.1) is 0 Å². The summed E-state index contributed by atoms with van der Waals surface area (Å²) in [6.07, 6.45) is 6.49. The normalized spacial score (nSPS) is 25.6. The van der Waals surface area contributed by atoms with Gasteiger partial charge < -0.3 is 9.53 Å². The first-order valence-electron chi connectivity index (χ1n) is 7.51. The lowest BCUT2D eigenvalue weighted by molar-refractivity contribution is 0.0152. The largest absolute Gasteiger partial charge is 0.407 e. The Bertz CT molecular complexity index is 378. The highest BCUT2D eigenvalue weighted by Gasteiger charge is 2.32. The molecule has 0 bridgehead atoms. The van der Waals surface area contributed by atoms with Crippen LogP contribution in [0.4, 0.5) is 0 Å². The Kier molecular flexibility index (Phi) is 5.19. The van der Waals surface area contributed by atoms with Crippen molar-refractivity contribution in [2.75, 3.05) is 0 Å². The third-order valence-corrected chi connectivity index (χ3v) is 6.70. The van der Waals surface area contributed by atoms with Crippen LogP contribution < -0.4 is 5.19 Å². The lowest BCUT2D eigenvalue weighted by atomic mass is 9.96. The molecule has 1 aromatic rings. The summed E-state index contributed by atoms with van der Waals surface area (Å²) in [6.45, 7) is 4.46. The molecule has 0 aliphatic heterocycles.